The zero-order chi connectivity index (χ0) is 13.8. The molecule has 1 fully saturated rings. The Bertz CT molecular complexity index is 465. The van der Waals surface area contributed by atoms with Gasteiger partial charge in [0.15, 0.2) is 0 Å². The number of aliphatic hydroxyl groups is 1. The number of hydrogen-bond donors (Lipinski definition) is 3. The largest absolute Gasteiger partial charge is 0.393 e. The number of hydrogen-bond acceptors (Lipinski definition) is 2. The van der Waals surface area contributed by atoms with Gasteiger partial charge in [-0.3, -0.25) is 0 Å². The van der Waals surface area contributed by atoms with Crippen molar-refractivity contribution in [2.45, 2.75) is 32.3 Å². The highest BCUT2D eigenvalue weighted by atomic mass is 79.9. The number of benzene rings is 1. The van der Waals surface area contributed by atoms with Crippen LogP contribution in [0.3, 0.4) is 0 Å². The lowest BCUT2D eigenvalue weighted by Gasteiger charge is -2.13. The molecule has 1 aliphatic carbocycles. The van der Waals surface area contributed by atoms with Crippen LogP contribution in [-0.2, 0) is 0 Å². The molecule has 1 saturated carbocycles. The number of carbonyl (C=O) groups excluding carboxylic acids is 1. The summed E-state index contributed by atoms with van der Waals surface area (Å²) >= 11 is 3.46. The van der Waals surface area contributed by atoms with Crippen molar-refractivity contribution < 1.29 is 9.90 Å². The van der Waals surface area contributed by atoms with E-state index in [1.165, 1.54) is 0 Å². The quantitative estimate of drug-likeness (QED) is 0.799. The molecule has 5 heteroatoms. The maximum absolute atomic E-state index is 11.8. The molecule has 0 heterocycles. The average molecular weight is 327 g/mol. The molecule has 2 atom stereocenters. The third-order valence-electron chi connectivity index (χ3n) is 3.50. The van der Waals surface area contributed by atoms with Gasteiger partial charge in [0.05, 0.1) is 11.8 Å². The monoisotopic (exact) mass is 326 g/mol. The molecule has 2 rings (SSSR count). The molecule has 0 bridgehead atoms. The average Bonchev–Trinajstić information content (AvgIpc) is 2.78. The molecule has 4 nitrogen and oxygen atoms in total. The van der Waals surface area contributed by atoms with Crippen molar-refractivity contribution in [2.24, 2.45) is 5.92 Å². The SMILES string of the molecule is Cc1cccc(NC(=O)NC[C@H]2CC[C@H](O)C2)c1Br. The number of carbonyl (C=O) groups is 1. The molecule has 2 amide bonds. The zero-order valence-electron chi connectivity index (χ0n) is 10.9. The van der Waals surface area contributed by atoms with Crippen LogP contribution in [0.1, 0.15) is 24.8 Å². The highest BCUT2D eigenvalue weighted by molar-refractivity contribution is 9.10. The molecule has 1 aromatic rings. The van der Waals surface area contributed by atoms with Crippen LogP contribution in [0.2, 0.25) is 0 Å². The summed E-state index contributed by atoms with van der Waals surface area (Å²) < 4.78 is 0.904. The van der Waals surface area contributed by atoms with Gasteiger partial charge in [-0.2, -0.15) is 0 Å². The third kappa shape index (κ3) is 3.94. The van der Waals surface area contributed by atoms with Crippen LogP contribution in [0.4, 0.5) is 10.5 Å². The Morgan fingerprint density at radius 2 is 2.26 bits per heavy atom. The summed E-state index contributed by atoms with van der Waals surface area (Å²) in [4.78, 5) is 11.8. The van der Waals surface area contributed by atoms with E-state index in [-0.39, 0.29) is 12.1 Å². The first kappa shape index (κ1) is 14.3. The molecule has 0 aliphatic heterocycles. The van der Waals surface area contributed by atoms with Crippen LogP contribution in [0.25, 0.3) is 0 Å². The van der Waals surface area contributed by atoms with E-state index in [0.717, 1.165) is 35.0 Å². The minimum atomic E-state index is -0.201. The first-order valence-electron chi connectivity index (χ1n) is 6.54. The summed E-state index contributed by atoms with van der Waals surface area (Å²) in [6.45, 7) is 2.60. The number of anilines is 1. The topological polar surface area (TPSA) is 61.4 Å². The predicted molar refractivity (Wildman–Crippen MR) is 79.2 cm³/mol. The standard InChI is InChI=1S/C14H19BrN2O2/c1-9-3-2-4-12(13(9)15)17-14(19)16-8-10-5-6-11(18)7-10/h2-4,10-11,18H,5-8H2,1H3,(H2,16,17,19)/t10-,11-/m0/s1. The molecule has 0 saturated heterocycles. The highest BCUT2D eigenvalue weighted by Crippen LogP contribution is 2.26. The first-order valence-corrected chi connectivity index (χ1v) is 7.33. The Morgan fingerprint density at radius 1 is 1.47 bits per heavy atom. The molecule has 1 aromatic carbocycles. The highest BCUT2D eigenvalue weighted by Gasteiger charge is 2.22. The Morgan fingerprint density at radius 3 is 2.95 bits per heavy atom. The molecule has 3 N–H and O–H groups in total. The van der Waals surface area contributed by atoms with Crippen LogP contribution in [0, 0.1) is 12.8 Å². The molecule has 0 aromatic heterocycles. The molecular weight excluding hydrogens is 308 g/mol. The van der Waals surface area contributed by atoms with Crippen molar-refractivity contribution in [3.63, 3.8) is 0 Å². The van der Waals surface area contributed by atoms with E-state index < -0.39 is 0 Å². The summed E-state index contributed by atoms with van der Waals surface area (Å²) in [6.07, 6.45) is 2.42. The van der Waals surface area contributed by atoms with Gasteiger partial charge in [-0.1, -0.05) is 12.1 Å². The zero-order valence-corrected chi connectivity index (χ0v) is 12.5. The third-order valence-corrected chi connectivity index (χ3v) is 4.56. The Hall–Kier alpha value is -1.07. The van der Waals surface area contributed by atoms with Crippen LogP contribution < -0.4 is 10.6 Å². The summed E-state index contributed by atoms with van der Waals surface area (Å²) in [5, 5.41) is 15.1. The summed E-state index contributed by atoms with van der Waals surface area (Å²) in [5.74, 6) is 0.390. The lowest BCUT2D eigenvalue weighted by molar-refractivity contribution is 0.177. The van der Waals surface area contributed by atoms with E-state index in [1.807, 2.05) is 25.1 Å². The maximum Gasteiger partial charge on any atom is 0.319 e. The molecule has 0 unspecified atom stereocenters. The van der Waals surface area contributed by atoms with Gasteiger partial charge >= 0.3 is 6.03 Å². The molecule has 104 valence electrons. The second kappa shape index (κ2) is 6.39. The van der Waals surface area contributed by atoms with Crippen molar-refractivity contribution in [1.29, 1.82) is 0 Å². The Kier molecular flexibility index (Phi) is 4.82. The predicted octanol–water partition coefficient (Wildman–Crippen LogP) is 3.04. The van der Waals surface area contributed by atoms with Gasteiger partial charge in [0, 0.05) is 11.0 Å². The van der Waals surface area contributed by atoms with Gasteiger partial charge in [0.2, 0.25) is 0 Å². The van der Waals surface area contributed by atoms with Crippen molar-refractivity contribution in [3.05, 3.63) is 28.2 Å². The van der Waals surface area contributed by atoms with Gasteiger partial charge in [-0.05, 0) is 59.7 Å². The van der Waals surface area contributed by atoms with Crippen LogP contribution >= 0.6 is 15.9 Å². The first-order chi connectivity index (χ1) is 9.06. The normalized spacial score (nSPS) is 22.3. The van der Waals surface area contributed by atoms with Crippen LogP contribution in [0.5, 0.6) is 0 Å². The molecule has 0 spiro atoms. The summed E-state index contributed by atoms with van der Waals surface area (Å²) in [6, 6.07) is 5.54. The molecule has 1 aliphatic rings. The number of rotatable bonds is 3. The van der Waals surface area contributed by atoms with Crippen molar-refractivity contribution >= 4 is 27.6 Å². The minimum absolute atomic E-state index is 0.194. The Balaban J connectivity index is 1.82. The van der Waals surface area contributed by atoms with Crippen LogP contribution in [0.15, 0.2) is 22.7 Å². The van der Waals surface area contributed by atoms with E-state index in [9.17, 15) is 9.90 Å². The molecule has 0 radical (unpaired) electrons. The van der Waals surface area contributed by atoms with Gasteiger partial charge in [-0.25, -0.2) is 4.79 Å². The minimum Gasteiger partial charge on any atom is -0.393 e. The second-order valence-electron chi connectivity index (χ2n) is 5.10. The summed E-state index contributed by atoms with van der Waals surface area (Å²) in [7, 11) is 0. The fourth-order valence-corrected chi connectivity index (χ4v) is 2.74. The second-order valence-corrected chi connectivity index (χ2v) is 5.90. The smallest absolute Gasteiger partial charge is 0.319 e. The van der Waals surface area contributed by atoms with Crippen molar-refractivity contribution in [3.8, 4) is 0 Å². The van der Waals surface area contributed by atoms with E-state index in [2.05, 4.69) is 26.6 Å². The van der Waals surface area contributed by atoms with E-state index in [1.54, 1.807) is 0 Å². The molecule has 19 heavy (non-hydrogen) atoms. The van der Waals surface area contributed by atoms with Crippen molar-refractivity contribution in [1.82, 2.24) is 5.32 Å². The van der Waals surface area contributed by atoms with E-state index in [0.29, 0.717) is 12.5 Å². The lowest BCUT2D eigenvalue weighted by atomic mass is 10.1. The number of nitrogens with one attached hydrogen (secondary N) is 2. The number of halogens is 1. The van der Waals surface area contributed by atoms with Gasteiger partial charge in [-0.15, -0.1) is 0 Å². The fourth-order valence-electron chi connectivity index (χ4n) is 2.38. The maximum atomic E-state index is 11.8. The molecular formula is C14H19BrN2O2. The lowest BCUT2D eigenvalue weighted by Crippen LogP contribution is -2.32. The number of amides is 2. The number of aliphatic hydroxyl groups excluding tert-OH is 1. The van der Waals surface area contributed by atoms with E-state index >= 15 is 0 Å². The van der Waals surface area contributed by atoms with Crippen molar-refractivity contribution in [2.75, 3.05) is 11.9 Å². The fraction of sp³-hybridized carbons (Fsp3) is 0.500. The number of urea groups is 1. The van der Waals surface area contributed by atoms with Gasteiger partial charge in [0.1, 0.15) is 0 Å². The Labute approximate surface area is 121 Å². The van der Waals surface area contributed by atoms with E-state index in [4.69, 9.17) is 0 Å². The number of aryl methyl sites for hydroxylation is 1. The van der Waals surface area contributed by atoms with Gasteiger partial charge in [0.25, 0.3) is 0 Å². The van der Waals surface area contributed by atoms with Gasteiger partial charge < -0.3 is 15.7 Å². The summed E-state index contributed by atoms with van der Waals surface area (Å²) in [5.41, 5.74) is 1.85. The van der Waals surface area contributed by atoms with Crippen LogP contribution in [-0.4, -0.2) is 23.8 Å².